The van der Waals surface area contributed by atoms with Crippen molar-refractivity contribution in [1.82, 2.24) is 14.8 Å². The molecule has 0 bridgehead atoms. The Labute approximate surface area is 159 Å². The summed E-state index contributed by atoms with van der Waals surface area (Å²) in [4.78, 5) is 21.7. The van der Waals surface area contributed by atoms with Crippen molar-refractivity contribution in [1.29, 1.82) is 0 Å². The Morgan fingerprint density at radius 2 is 2.08 bits per heavy atom. The third-order valence-corrected chi connectivity index (χ3v) is 6.11. The predicted molar refractivity (Wildman–Crippen MR) is 106 cm³/mol. The van der Waals surface area contributed by atoms with Crippen LogP contribution in [0.1, 0.15) is 58.1 Å². The lowest BCUT2D eigenvalue weighted by molar-refractivity contribution is -0.139. The molecule has 0 radical (unpaired) electrons. The van der Waals surface area contributed by atoms with Gasteiger partial charge in [-0.25, -0.2) is 0 Å². The van der Waals surface area contributed by atoms with Gasteiger partial charge in [0, 0.05) is 49.8 Å². The van der Waals surface area contributed by atoms with Gasteiger partial charge in [0.25, 0.3) is 0 Å². The molecule has 0 saturated carbocycles. The number of piperidine rings is 2. The number of rotatable bonds is 7. The van der Waals surface area contributed by atoms with Crippen LogP contribution in [0, 0.1) is 11.3 Å². The van der Waals surface area contributed by atoms with Crippen LogP contribution in [0.2, 0.25) is 0 Å². The number of amides is 1. The standard InChI is InChI=1S/C22H35N3O/c1-19(2)7-5-14-24-15-6-11-22(17-24)12-9-21(26)25(18-22)16-10-20-8-3-4-13-23-20/h3-4,8,13,19H,5-7,9-12,14-18H2,1-2H3/t22-/m1/s1. The number of likely N-dealkylation sites (tertiary alicyclic amines) is 2. The predicted octanol–water partition coefficient (Wildman–Crippen LogP) is 3.76. The van der Waals surface area contributed by atoms with Crippen molar-refractivity contribution in [2.24, 2.45) is 11.3 Å². The summed E-state index contributed by atoms with van der Waals surface area (Å²) in [5.41, 5.74) is 1.41. The number of carbonyl (C=O) groups excluding carboxylic acids is 1. The van der Waals surface area contributed by atoms with Gasteiger partial charge in [0.1, 0.15) is 0 Å². The maximum Gasteiger partial charge on any atom is 0.222 e. The Hall–Kier alpha value is -1.42. The Kier molecular flexibility index (Phi) is 6.68. The molecule has 2 aliphatic rings. The fraction of sp³-hybridized carbons (Fsp3) is 0.727. The fourth-order valence-corrected chi connectivity index (χ4v) is 4.66. The summed E-state index contributed by atoms with van der Waals surface area (Å²) < 4.78 is 0. The molecule has 4 nitrogen and oxygen atoms in total. The first-order valence-electron chi connectivity index (χ1n) is 10.5. The van der Waals surface area contributed by atoms with Crippen LogP contribution in [0.5, 0.6) is 0 Å². The van der Waals surface area contributed by atoms with Crippen molar-refractivity contribution >= 4 is 5.91 Å². The highest BCUT2D eigenvalue weighted by atomic mass is 16.2. The molecule has 0 N–H and O–H groups in total. The SMILES string of the molecule is CC(C)CCCN1CCC[C@@]2(CCC(=O)N(CCc3ccccn3)C2)C1. The molecule has 2 saturated heterocycles. The number of carbonyl (C=O) groups is 1. The van der Waals surface area contributed by atoms with Crippen LogP contribution in [-0.2, 0) is 11.2 Å². The maximum absolute atomic E-state index is 12.5. The van der Waals surface area contributed by atoms with E-state index in [2.05, 4.69) is 34.7 Å². The fourth-order valence-electron chi connectivity index (χ4n) is 4.66. The minimum absolute atomic E-state index is 0.327. The molecule has 3 rings (SSSR count). The van der Waals surface area contributed by atoms with Gasteiger partial charge in [0.05, 0.1) is 0 Å². The van der Waals surface area contributed by atoms with Crippen LogP contribution in [0.4, 0.5) is 0 Å². The van der Waals surface area contributed by atoms with Gasteiger partial charge >= 0.3 is 0 Å². The molecular weight excluding hydrogens is 322 g/mol. The van der Waals surface area contributed by atoms with E-state index in [4.69, 9.17) is 0 Å². The van der Waals surface area contributed by atoms with Gasteiger partial charge in [-0.1, -0.05) is 19.9 Å². The molecule has 0 unspecified atom stereocenters. The average molecular weight is 358 g/mol. The van der Waals surface area contributed by atoms with Crippen LogP contribution in [0.15, 0.2) is 24.4 Å². The number of hydrogen-bond donors (Lipinski definition) is 0. The van der Waals surface area contributed by atoms with Crippen LogP contribution in [0.3, 0.4) is 0 Å². The average Bonchev–Trinajstić information content (AvgIpc) is 2.64. The molecule has 26 heavy (non-hydrogen) atoms. The highest BCUT2D eigenvalue weighted by molar-refractivity contribution is 5.77. The lowest BCUT2D eigenvalue weighted by Gasteiger charge is -2.48. The number of nitrogens with zero attached hydrogens (tertiary/aromatic N) is 3. The van der Waals surface area contributed by atoms with E-state index >= 15 is 0 Å². The van der Waals surface area contributed by atoms with E-state index in [1.165, 1.54) is 45.3 Å². The zero-order valence-electron chi connectivity index (χ0n) is 16.6. The molecule has 2 aliphatic heterocycles. The van der Waals surface area contributed by atoms with Crippen molar-refractivity contribution in [3.63, 3.8) is 0 Å². The molecule has 1 amide bonds. The third-order valence-electron chi connectivity index (χ3n) is 6.11. The topological polar surface area (TPSA) is 36.4 Å². The Morgan fingerprint density at radius 3 is 2.85 bits per heavy atom. The summed E-state index contributed by atoms with van der Waals surface area (Å²) in [6.45, 7) is 10.0. The van der Waals surface area contributed by atoms with Crippen LogP contribution in [0.25, 0.3) is 0 Å². The van der Waals surface area contributed by atoms with Crippen molar-refractivity contribution < 1.29 is 4.79 Å². The number of aromatic nitrogens is 1. The quantitative estimate of drug-likeness (QED) is 0.745. The van der Waals surface area contributed by atoms with E-state index < -0.39 is 0 Å². The zero-order valence-corrected chi connectivity index (χ0v) is 16.6. The van der Waals surface area contributed by atoms with Crippen molar-refractivity contribution in [2.45, 2.75) is 58.8 Å². The van der Waals surface area contributed by atoms with E-state index in [0.717, 1.165) is 44.0 Å². The van der Waals surface area contributed by atoms with Gasteiger partial charge in [-0.3, -0.25) is 9.78 Å². The van der Waals surface area contributed by atoms with Gasteiger partial charge in [0.15, 0.2) is 0 Å². The first-order valence-corrected chi connectivity index (χ1v) is 10.5. The van der Waals surface area contributed by atoms with E-state index in [1.54, 1.807) is 0 Å². The van der Waals surface area contributed by atoms with Gasteiger partial charge in [0.2, 0.25) is 5.91 Å². The Bertz CT molecular complexity index is 574. The third kappa shape index (κ3) is 5.29. The summed E-state index contributed by atoms with van der Waals surface area (Å²) in [5.74, 6) is 1.13. The van der Waals surface area contributed by atoms with Crippen LogP contribution < -0.4 is 0 Å². The second-order valence-corrected chi connectivity index (χ2v) is 8.80. The molecule has 0 aliphatic carbocycles. The molecule has 4 heteroatoms. The van der Waals surface area contributed by atoms with E-state index in [1.807, 2.05) is 18.3 Å². The lowest BCUT2D eigenvalue weighted by atomic mass is 9.73. The van der Waals surface area contributed by atoms with Crippen LogP contribution in [-0.4, -0.2) is 53.4 Å². The molecule has 0 aromatic carbocycles. The molecule has 2 fully saturated rings. The second-order valence-electron chi connectivity index (χ2n) is 8.80. The van der Waals surface area contributed by atoms with E-state index in [9.17, 15) is 4.79 Å². The summed E-state index contributed by atoms with van der Waals surface area (Å²) in [6.07, 6.45) is 9.68. The molecule has 1 atom stereocenters. The summed E-state index contributed by atoms with van der Waals surface area (Å²) >= 11 is 0. The lowest BCUT2D eigenvalue weighted by Crippen LogP contribution is -2.54. The highest BCUT2D eigenvalue weighted by Gasteiger charge is 2.41. The van der Waals surface area contributed by atoms with Crippen molar-refractivity contribution in [3.8, 4) is 0 Å². The van der Waals surface area contributed by atoms with E-state index in [-0.39, 0.29) is 0 Å². The Morgan fingerprint density at radius 1 is 1.19 bits per heavy atom. The van der Waals surface area contributed by atoms with Gasteiger partial charge in [-0.2, -0.15) is 0 Å². The summed E-state index contributed by atoms with van der Waals surface area (Å²) in [5, 5.41) is 0. The number of pyridine rings is 1. The maximum atomic E-state index is 12.5. The smallest absolute Gasteiger partial charge is 0.222 e. The Balaban J connectivity index is 1.54. The van der Waals surface area contributed by atoms with E-state index in [0.29, 0.717) is 11.3 Å². The molecule has 144 valence electrons. The number of hydrogen-bond acceptors (Lipinski definition) is 3. The monoisotopic (exact) mass is 357 g/mol. The summed E-state index contributed by atoms with van der Waals surface area (Å²) in [7, 11) is 0. The normalized spacial score (nSPS) is 24.6. The van der Waals surface area contributed by atoms with Crippen molar-refractivity contribution in [3.05, 3.63) is 30.1 Å². The minimum Gasteiger partial charge on any atom is -0.342 e. The molecule has 1 spiro atoms. The first-order chi connectivity index (χ1) is 12.6. The first kappa shape index (κ1) is 19.3. The molecular formula is C22H35N3O. The molecule has 1 aromatic rings. The van der Waals surface area contributed by atoms with Crippen molar-refractivity contribution in [2.75, 3.05) is 32.7 Å². The minimum atomic E-state index is 0.327. The van der Waals surface area contributed by atoms with Gasteiger partial charge in [-0.05, 0) is 63.2 Å². The largest absolute Gasteiger partial charge is 0.342 e. The summed E-state index contributed by atoms with van der Waals surface area (Å²) in [6, 6.07) is 6.03. The van der Waals surface area contributed by atoms with Crippen LogP contribution >= 0.6 is 0 Å². The van der Waals surface area contributed by atoms with Gasteiger partial charge < -0.3 is 9.80 Å². The highest BCUT2D eigenvalue weighted by Crippen LogP contribution is 2.39. The van der Waals surface area contributed by atoms with Gasteiger partial charge in [-0.15, -0.1) is 0 Å². The molecule has 3 heterocycles. The zero-order chi connectivity index (χ0) is 18.4. The second kappa shape index (κ2) is 8.98. The molecule has 1 aromatic heterocycles.